The summed E-state index contributed by atoms with van der Waals surface area (Å²) in [6.07, 6.45) is 6.03. The first-order chi connectivity index (χ1) is 7.79. The maximum Gasteiger partial charge on any atom is 0.141 e. The second-order valence-electron chi connectivity index (χ2n) is 4.39. The molecule has 88 valence electrons. The fourth-order valence-electron chi connectivity index (χ4n) is 2.33. The van der Waals surface area contributed by atoms with E-state index in [0.29, 0.717) is 18.5 Å². The van der Waals surface area contributed by atoms with Crippen molar-refractivity contribution in [3.05, 3.63) is 24.1 Å². The number of hydrogen-bond acceptors (Lipinski definition) is 3. The summed E-state index contributed by atoms with van der Waals surface area (Å²) in [5, 5.41) is 3.35. The molecule has 0 saturated heterocycles. The van der Waals surface area contributed by atoms with Gasteiger partial charge >= 0.3 is 0 Å². The lowest BCUT2D eigenvalue weighted by Crippen LogP contribution is -2.36. The third-order valence-corrected chi connectivity index (χ3v) is 3.27. The van der Waals surface area contributed by atoms with Gasteiger partial charge in [0.2, 0.25) is 0 Å². The minimum absolute atomic E-state index is 0.301. The Morgan fingerprint density at radius 3 is 2.88 bits per heavy atom. The summed E-state index contributed by atoms with van der Waals surface area (Å²) in [7, 11) is 0. The van der Waals surface area contributed by atoms with Crippen LogP contribution < -0.4 is 11.1 Å². The van der Waals surface area contributed by atoms with E-state index in [4.69, 9.17) is 5.73 Å². The van der Waals surface area contributed by atoms with Crippen molar-refractivity contribution in [2.24, 2.45) is 11.7 Å². The predicted octanol–water partition coefficient (Wildman–Crippen LogP) is 2.15. The van der Waals surface area contributed by atoms with E-state index in [1.807, 2.05) is 0 Å². The highest BCUT2D eigenvalue weighted by Crippen LogP contribution is 2.25. The largest absolute Gasteiger partial charge is 0.367 e. The van der Waals surface area contributed by atoms with Gasteiger partial charge in [0, 0.05) is 6.04 Å². The molecule has 2 rings (SSSR count). The first-order valence-electron chi connectivity index (χ1n) is 5.88. The van der Waals surface area contributed by atoms with Gasteiger partial charge in [0.1, 0.15) is 11.6 Å². The minimum atomic E-state index is -0.301. The van der Waals surface area contributed by atoms with Crippen molar-refractivity contribution in [1.29, 1.82) is 0 Å². The Hall–Kier alpha value is -1.16. The van der Waals surface area contributed by atoms with Crippen molar-refractivity contribution in [2.75, 3.05) is 11.9 Å². The molecule has 2 atom stereocenters. The maximum absolute atomic E-state index is 12.7. The van der Waals surface area contributed by atoms with Crippen LogP contribution in [0, 0.1) is 11.7 Å². The summed E-state index contributed by atoms with van der Waals surface area (Å²) in [6, 6.07) is 3.49. The Bertz CT molecular complexity index is 326. The number of aromatic nitrogens is 1. The number of anilines is 1. The van der Waals surface area contributed by atoms with Crippen molar-refractivity contribution in [3.8, 4) is 0 Å². The summed E-state index contributed by atoms with van der Waals surface area (Å²) in [6.45, 7) is 0.707. The molecule has 1 heterocycles. The molecule has 0 radical (unpaired) electrons. The normalized spacial score (nSPS) is 25.4. The average molecular weight is 223 g/mol. The SMILES string of the molecule is NCC1CCCCC1Nc1ccc(F)cn1. The van der Waals surface area contributed by atoms with E-state index in [0.717, 1.165) is 12.2 Å². The molecule has 1 aromatic rings. The lowest BCUT2D eigenvalue weighted by molar-refractivity contribution is 0.332. The van der Waals surface area contributed by atoms with Gasteiger partial charge in [0.15, 0.2) is 0 Å². The van der Waals surface area contributed by atoms with Crippen LogP contribution in [0.4, 0.5) is 10.2 Å². The van der Waals surface area contributed by atoms with Gasteiger partial charge < -0.3 is 11.1 Å². The van der Waals surface area contributed by atoms with E-state index in [2.05, 4.69) is 10.3 Å². The molecule has 1 fully saturated rings. The summed E-state index contributed by atoms with van der Waals surface area (Å²) in [5.41, 5.74) is 5.75. The number of nitrogens with one attached hydrogen (secondary N) is 1. The number of rotatable bonds is 3. The topological polar surface area (TPSA) is 50.9 Å². The molecule has 1 aliphatic carbocycles. The zero-order valence-electron chi connectivity index (χ0n) is 9.32. The number of nitrogens with two attached hydrogens (primary N) is 1. The molecule has 1 aromatic heterocycles. The Morgan fingerprint density at radius 2 is 2.19 bits per heavy atom. The minimum Gasteiger partial charge on any atom is -0.367 e. The van der Waals surface area contributed by atoms with Gasteiger partial charge in [-0.3, -0.25) is 0 Å². The second kappa shape index (κ2) is 5.25. The Balaban J connectivity index is 1.99. The van der Waals surface area contributed by atoms with E-state index in [-0.39, 0.29) is 5.82 Å². The van der Waals surface area contributed by atoms with Gasteiger partial charge in [-0.05, 0) is 37.4 Å². The van der Waals surface area contributed by atoms with Crippen molar-refractivity contribution in [2.45, 2.75) is 31.7 Å². The molecular weight excluding hydrogens is 205 g/mol. The first kappa shape index (κ1) is 11.3. The van der Waals surface area contributed by atoms with Crippen LogP contribution in [0.3, 0.4) is 0 Å². The zero-order valence-corrected chi connectivity index (χ0v) is 9.32. The lowest BCUT2D eigenvalue weighted by atomic mass is 9.84. The second-order valence-corrected chi connectivity index (χ2v) is 4.39. The molecule has 1 saturated carbocycles. The quantitative estimate of drug-likeness (QED) is 0.825. The summed E-state index contributed by atoms with van der Waals surface area (Å²) >= 11 is 0. The van der Waals surface area contributed by atoms with Crippen LogP contribution in [-0.4, -0.2) is 17.6 Å². The van der Waals surface area contributed by atoms with E-state index >= 15 is 0 Å². The van der Waals surface area contributed by atoms with Gasteiger partial charge in [-0.15, -0.1) is 0 Å². The van der Waals surface area contributed by atoms with Gasteiger partial charge in [-0.2, -0.15) is 0 Å². The molecule has 16 heavy (non-hydrogen) atoms. The highest BCUT2D eigenvalue weighted by molar-refractivity contribution is 5.35. The van der Waals surface area contributed by atoms with Crippen molar-refractivity contribution in [1.82, 2.24) is 4.98 Å². The molecule has 0 spiro atoms. The highest BCUT2D eigenvalue weighted by atomic mass is 19.1. The van der Waals surface area contributed by atoms with Crippen LogP contribution in [0.2, 0.25) is 0 Å². The zero-order chi connectivity index (χ0) is 11.4. The van der Waals surface area contributed by atoms with Crippen molar-refractivity contribution < 1.29 is 4.39 Å². The molecule has 1 aliphatic rings. The van der Waals surface area contributed by atoms with Crippen LogP contribution in [0.1, 0.15) is 25.7 Å². The van der Waals surface area contributed by atoms with Gasteiger partial charge in [0.25, 0.3) is 0 Å². The molecule has 4 heteroatoms. The predicted molar refractivity (Wildman–Crippen MR) is 62.6 cm³/mol. The van der Waals surface area contributed by atoms with E-state index in [1.165, 1.54) is 31.5 Å². The van der Waals surface area contributed by atoms with Gasteiger partial charge in [-0.1, -0.05) is 12.8 Å². The van der Waals surface area contributed by atoms with Crippen LogP contribution in [0.15, 0.2) is 18.3 Å². The smallest absolute Gasteiger partial charge is 0.141 e. The fourth-order valence-corrected chi connectivity index (χ4v) is 2.33. The molecule has 0 amide bonds. The lowest BCUT2D eigenvalue weighted by Gasteiger charge is -2.31. The monoisotopic (exact) mass is 223 g/mol. The summed E-state index contributed by atoms with van der Waals surface area (Å²) in [4.78, 5) is 4.01. The van der Waals surface area contributed by atoms with Crippen LogP contribution in [-0.2, 0) is 0 Å². The Labute approximate surface area is 95.3 Å². The van der Waals surface area contributed by atoms with E-state index in [1.54, 1.807) is 6.07 Å². The van der Waals surface area contributed by atoms with Crippen LogP contribution in [0.5, 0.6) is 0 Å². The van der Waals surface area contributed by atoms with E-state index in [9.17, 15) is 4.39 Å². The third kappa shape index (κ3) is 2.70. The van der Waals surface area contributed by atoms with Gasteiger partial charge in [0.05, 0.1) is 6.20 Å². The maximum atomic E-state index is 12.7. The molecule has 0 aliphatic heterocycles. The standard InChI is InChI=1S/C12H18FN3/c13-10-5-6-12(15-8-10)16-11-4-2-1-3-9(11)7-14/h5-6,8-9,11H,1-4,7,14H2,(H,15,16). The third-order valence-electron chi connectivity index (χ3n) is 3.27. The molecular formula is C12H18FN3. The molecule has 2 unspecified atom stereocenters. The summed E-state index contributed by atoms with van der Waals surface area (Å²) in [5.74, 6) is 0.955. The molecule has 3 N–H and O–H groups in total. The Morgan fingerprint density at radius 1 is 1.38 bits per heavy atom. The molecule has 3 nitrogen and oxygen atoms in total. The first-order valence-corrected chi connectivity index (χ1v) is 5.88. The van der Waals surface area contributed by atoms with Crippen LogP contribution in [0.25, 0.3) is 0 Å². The number of hydrogen-bond donors (Lipinski definition) is 2. The fraction of sp³-hybridized carbons (Fsp3) is 0.583. The summed E-state index contributed by atoms with van der Waals surface area (Å²) < 4.78 is 12.7. The highest BCUT2D eigenvalue weighted by Gasteiger charge is 2.23. The van der Waals surface area contributed by atoms with Crippen molar-refractivity contribution >= 4 is 5.82 Å². The molecule has 0 aromatic carbocycles. The average Bonchev–Trinajstić information content (AvgIpc) is 2.33. The number of pyridine rings is 1. The molecule has 0 bridgehead atoms. The number of halogens is 1. The van der Waals surface area contributed by atoms with Gasteiger partial charge in [-0.25, -0.2) is 9.37 Å². The Kier molecular flexibility index (Phi) is 3.72. The van der Waals surface area contributed by atoms with Crippen LogP contribution >= 0.6 is 0 Å². The van der Waals surface area contributed by atoms with E-state index < -0.39 is 0 Å². The van der Waals surface area contributed by atoms with Crippen molar-refractivity contribution in [3.63, 3.8) is 0 Å². The number of nitrogens with zero attached hydrogens (tertiary/aromatic N) is 1.